The largest absolute Gasteiger partial charge is 0.319 e. The lowest BCUT2D eigenvalue weighted by molar-refractivity contribution is 0.241. The molecule has 1 aliphatic heterocycles. The molecule has 1 aromatic carbocycles. The molecule has 28 heavy (non-hydrogen) atoms. The molecule has 2 heterocycles. The molecule has 1 atom stereocenters. The van der Waals surface area contributed by atoms with Crippen LogP contribution in [0.3, 0.4) is 0 Å². The average Bonchev–Trinajstić information content (AvgIpc) is 2.71. The first kappa shape index (κ1) is 20.2. The van der Waals surface area contributed by atoms with Crippen LogP contribution in [-0.2, 0) is 25.8 Å². The van der Waals surface area contributed by atoms with Gasteiger partial charge in [0.15, 0.2) is 0 Å². The van der Waals surface area contributed by atoms with Gasteiger partial charge in [-0.1, -0.05) is 35.3 Å². The number of aryl methyl sites for hydroxylation is 2. The number of pyridine rings is 1. The second-order valence-electron chi connectivity index (χ2n) is 8.15. The van der Waals surface area contributed by atoms with E-state index in [-0.39, 0.29) is 0 Å². The Labute approximate surface area is 178 Å². The second kappa shape index (κ2) is 9.13. The van der Waals surface area contributed by atoms with Gasteiger partial charge in [-0.15, -0.1) is 0 Å². The van der Waals surface area contributed by atoms with Gasteiger partial charge in [-0.2, -0.15) is 0 Å². The summed E-state index contributed by atoms with van der Waals surface area (Å²) < 4.78 is 0. The molecule has 0 spiro atoms. The van der Waals surface area contributed by atoms with Crippen molar-refractivity contribution in [2.24, 2.45) is 0 Å². The van der Waals surface area contributed by atoms with E-state index in [2.05, 4.69) is 22.3 Å². The van der Waals surface area contributed by atoms with Crippen LogP contribution in [0, 0.1) is 0 Å². The van der Waals surface area contributed by atoms with Gasteiger partial charge in [0.05, 0.1) is 10.0 Å². The van der Waals surface area contributed by atoms with Crippen LogP contribution in [0.4, 0.5) is 0 Å². The number of nitrogens with one attached hydrogen (secondary N) is 1. The van der Waals surface area contributed by atoms with Crippen LogP contribution in [0.2, 0.25) is 10.0 Å². The van der Waals surface area contributed by atoms with Gasteiger partial charge in [0.1, 0.15) is 0 Å². The first-order chi connectivity index (χ1) is 13.6. The van der Waals surface area contributed by atoms with Crippen molar-refractivity contribution in [3.63, 3.8) is 0 Å². The minimum atomic E-state index is 0.433. The molecule has 0 saturated carbocycles. The molecule has 0 radical (unpaired) electrons. The molecule has 0 saturated heterocycles. The molecule has 1 N–H and O–H groups in total. The average molecular weight is 418 g/mol. The lowest BCUT2D eigenvalue weighted by atomic mass is 9.92. The van der Waals surface area contributed by atoms with Crippen LogP contribution >= 0.6 is 23.2 Å². The molecule has 1 unspecified atom stereocenters. The summed E-state index contributed by atoms with van der Waals surface area (Å²) in [6.07, 6.45) is 7.16. The molecule has 1 aliphatic carbocycles. The van der Waals surface area contributed by atoms with Crippen molar-refractivity contribution in [2.75, 3.05) is 26.7 Å². The number of aromatic nitrogens is 1. The minimum Gasteiger partial charge on any atom is -0.319 e. The van der Waals surface area contributed by atoms with E-state index < -0.39 is 0 Å². The predicted octanol–water partition coefficient (Wildman–Crippen LogP) is 5.02. The first-order valence-corrected chi connectivity index (χ1v) is 11.2. The molecule has 4 rings (SSSR count). The summed E-state index contributed by atoms with van der Waals surface area (Å²) in [5, 5.41) is 4.60. The zero-order valence-electron chi connectivity index (χ0n) is 16.6. The normalized spacial score (nSPS) is 17.8. The molecular formula is C23H29Cl2N3. The zero-order chi connectivity index (χ0) is 19.5. The highest BCUT2D eigenvalue weighted by atomic mass is 35.5. The number of rotatable bonds is 6. The highest BCUT2D eigenvalue weighted by Crippen LogP contribution is 2.29. The van der Waals surface area contributed by atoms with Gasteiger partial charge in [-0.25, -0.2) is 0 Å². The van der Waals surface area contributed by atoms with Crippen LogP contribution in [0.25, 0.3) is 0 Å². The third-order valence-electron chi connectivity index (χ3n) is 6.19. The van der Waals surface area contributed by atoms with Crippen LogP contribution in [-0.4, -0.2) is 36.6 Å². The van der Waals surface area contributed by atoms with Gasteiger partial charge in [-0.05, 0) is 80.4 Å². The number of halogens is 2. The molecule has 150 valence electrons. The van der Waals surface area contributed by atoms with Gasteiger partial charge < -0.3 is 5.32 Å². The summed E-state index contributed by atoms with van der Waals surface area (Å²) in [4.78, 5) is 7.60. The summed E-state index contributed by atoms with van der Waals surface area (Å²) in [6, 6.07) is 8.49. The van der Waals surface area contributed by atoms with Crippen LogP contribution < -0.4 is 5.32 Å². The van der Waals surface area contributed by atoms with Crippen molar-refractivity contribution in [2.45, 2.75) is 51.0 Å². The maximum Gasteiger partial charge on any atom is 0.0595 e. The monoisotopic (exact) mass is 417 g/mol. The van der Waals surface area contributed by atoms with Gasteiger partial charge in [0.2, 0.25) is 0 Å². The number of fused-ring (bicyclic) bond motifs is 2. The maximum atomic E-state index is 6.25. The number of hydrogen-bond acceptors (Lipinski definition) is 3. The van der Waals surface area contributed by atoms with Crippen LogP contribution in [0.5, 0.6) is 0 Å². The van der Waals surface area contributed by atoms with Gasteiger partial charge in [0, 0.05) is 37.4 Å². The molecular weight excluding hydrogens is 389 g/mol. The number of hydrogen-bond donors (Lipinski definition) is 1. The molecule has 2 aliphatic rings. The molecule has 2 aromatic rings. The summed E-state index contributed by atoms with van der Waals surface area (Å²) >= 11 is 12.3. The first-order valence-electron chi connectivity index (χ1n) is 10.5. The molecule has 5 heteroatoms. The lowest BCUT2D eigenvalue weighted by Gasteiger charge is -2.31. The van der Waals surface area contributed by atoms with Crippen molar-refractivity contribution in [1.82, 2.24) is 15.2 Å². The standard InChI is InChI=1S/C23H29Cl2N3/c1-26-14-18(16-6-7-20(24)21(25)13-16)8-10-28-11-9-23-19(15-28)12-17-4-2-3-5-22(17)27-23/h6-7,12-13,18,26H,2-5,8-11,14-15H2,1H3. The minimum absolute atomic E-state index is 0.433. The highest BCUT2D eigenvalue weighted by Gasteiger charge is 2.22. The van der Waals surface area contributed by atoms with Crippen molar-refractivity contribution in [1.29, 1.82) is 0 Å². The van der Waals surface area contributed by atoms with Crippen LogP contribution in [0.15, 0.2) is 24.3 Å². The van der Waals surface area contributed by atoms with Gasteiger partial charge in [0.25, 0.3) is 0 Å². The summed E-state index contributed by atoms with van der Waals surface area (Å²) in [5.74, 6) is 0.433. The van der Waals surface area contributed by atoms with E-state index in [0.29, 0.717) is 16.0 Å². The second-order valence-corrected chi connectivity index (χ2v) is 8.96. The Kier molecular flexibility index (Phi) is 6.57. The fraction of sp³-hybridized carbons (Fsp3) is 0.522. The fourth-order valence-corrected chi connectivity index (χ4v) is 4.90. The number of benzene rings is 1. The summed E-state index contributed by atoms with van der Waals surface area (Å²) in [6.45, 7) is 4.16. The lowest BCUT2D eigenvalue weighted by Crippen LogP contribution is -2.34. The predicted molar refractivity (Wildman–Crippen MR) is 118 cm³/mol. The Morgan fingerprint density at radius 1 is 1.04 bits per heavy atom. The van der Waals surface area contributed by atoms with Crippen molar-refractivity contribution >= 4 is 23.2 Å². The Hall–Kier alpha value is -1.13. The summed E-state index contributed by atoms with van der Waals surface area (Å²) in [7, 11) is 2.01. The highest BCUT2D eigenvalue weighted by molar-refractivity contribution is 6.42. The smallest absolute Gasteiger partial charge is 0.0595 e. The van der Waals surface area contributed by atoms with E-state index in [1.807, 2.05) is 19.2 Å². The Bertz CT molecular complexity index is 837. The quantitative estimate of drug-likeness (QED) is 0.714. The van der Waals surface area contributed by atoms with Crippen LogP contribution in [0.1, 0.15) is 53.3 Å². The van der Waals surface area contributed by atoms with E-state index in [1.165, 1.54) is 53.8 Å². The van der Waals surface area contributed by atoms with E-state index in [1.54, 1.807) is 0 Å². The Morgan fingerprint density at radius 3 is 2.68 bits per heavy atom. The molecule has 0 bridgehead atoms. The van der Waals surface area contributed by atoms with E-state index in [9.17, 15) is 0 Å². The van der Waals surface area contributed by atoms with E-state index in [0.717, 1.165) is 39.0 Å². The third kappa shape index (κ3) is 4.54. The molecule has 0 fully saturated rings. The van der Waals surface area contributed by atoms with Gasteiger partial charge in [-0.3, -0.25) is 9.88 Å². The number of nitrogens with zero attached hydrogens (tertiary/aromatic N) is 2. The fourth-order valence-electron chi connectivity index (χ4n) is 4.59. The SMILES string of the molecule is CNCC(CCN1CCc2nc3c(cc2C1)CCCC3)c1ccc(Cl)c(Cl)c1. The Morgan fingerprint density at radius 2 is 1.86 bits per heavy atom. The Balaban J connectivity index is 1.42. The van der Waals surface area contributed by atoms with E-state index in [4.69, 9.17) is 28.2 Å². The maximum absolute atomic E-state index is 6.25. The van der Waals surface area contributed by atoms with Crippen molar-refractivity contribution in [3.8, 4) is 0 Å². The van der Waals surface area contributed by atoms with E-state index >= 15 is 0 Å². The van der Waals surface area contributed by atoms with Crippen molar-refractivity contribution < 1.29 is 0 Å². The van der Waals surface area contributed by atoms with Crippen molar-refractivity contribution in [3.05, 3.63) is 62.4 Å². The molecule has 0 amide bonds. The molecule has 3 nitrogen and oxygen atoms in total. The summed E-state index contributed by atoms with van der Waals surface area (Å²) in [5.41, 5.74) is 6.92. The van der Waals surface area contributed by atoms with Gasteiger partial charge >= 0.3 is 0 Å². The molecule has 1 aromatic heterocycles. The zero-order valence-corrected chi connectivity index (χ0v) is 18.1. The third-order valence-corrected chi connectivity index (χ3v) is 6.93. The topological polar surface area (TPSA) is 28.2 Å². The number of likely N-dealkylation sites (N-methyl/N-ethyl adjacent to an activating group) is 1.